The van der Waals surface area contributed by atoms with E-state index in [0.717, 1.165) is 24.3 Å². The average molecular weight is 431 g/mol. The number of sulfone groups is 1. The molecule has 0 radical (unpaired) electrons. The summed E-state index contributed by atoms with van der Waals surface area (Å²) >= 11 is 0. The number of rotatable bonds is 4. The number of carbonyl (C=O) groups excluding carboxylic acids is 1. The molecule has 4 rings (SSSR count). The van der Waals surface area contributed by atoms with Crippen molar-refractivity contribution >= 4 is 38.8 Å². The topological polar surface area (TPSA) is 91.8 Å². The molecule has 2 aromatic rings. The second kappa shape index (κ2) is 7.88. The summed E-state index contributed by atoms with van der Waals surface area (Å²) in [6, 6.07) is 10.2. The van der Waals surface area contributed by atoms with Gasteiger partial charge in [-0.15, -0.1) is 0 Å². The first kappa shape index (κ1) is 20.6. The maximum absolute atomic E-state index is 12.8. The van der Waals surface area contributed by atoms with E-state index in [1.165, 1.54) is 6.26 Å². The highest BCUT2D eigenvalue weighted by molar-refractivity contribution is 7.90. The molecule has 8 nitrogen and oxygen atoms in total. The first-order valence-electron chi connectivity index (χ1n) is 9.97. The van der Waals surface area contributed by atoms with Crippen LogP contribution in [0.5, 0.6) is 0 Å². The number of hydrogen-bond donors (Lipinski definition) is 1. The third-order valence-corrected chi connectivity index (χ3v) is 6.79. The Morgan fingerprint density at radius 2 is 1.90 bits per heavy atom. The van der Waals surface area contributed by atoms with Gasteiger partial charge < -0.3 is 19.9 Å². The number of nitrogens with zero attached hydrogens (tertiary/aromatic N) is 3. The Morgan fingerprint density at radius 1 is 1.17 bits per heavy atom. The third-order valence-electron chi connectivity index (χ3n) is 5.68. The Bertz CT molecular complexity index is 1070. The molecule has 1 amide bonds. The number of benzene rings is 1. The Labute approximate surface area is 176 Å². The molecule has 160 valence electrons. The van der Waals surface area contributed by atoms with Gasteiger partial charge in [0.15, 0.2) is 15.7 Å². The summed E-state index contributed by atoms with van der Waals surface area (Å²) in [6.07, 6.45) is 2.87. The highest BCUT2D eigenvalue weighted by atomic mass is 32.2. The number of carbonyl (C=O) groups is 1. The quantitative estimate of drug-likeness (QED) is 0.797. The van der Waals surface area contributed by atoms with E-state index >= 15 is 0 Å². The summed E-state index contributed by atoms with van der Waals surface area (Å²) in [6.45, 7) is 3.25. The minimum atomic E-state index is -3.30. The van der Waals surface area contributed by atoms with Crippen molar-refractivity contribution in [3.05, 3.63) is 36.4 Å². The van der Waals surface area contributed by atoms with E-state index in [2.05, 4.69) is 10.2 Å². The standard InChI is InChI=1S/C21H26N4O4S/c1-14-21(26)24(2)18-7-8-19(22-15-5-4-6-17(13-15)30(3,27)28)23-20(18)25(14)16-9-11-29-12-10-16/h4-8,13-14,16H,9-12H2,1-3H3,(H,22,23). The van der Waals surface area contributed by atoms with Crippen molar-refractivity contribution in [3.63, 3.8) is 0 Å². The molecule has 9 heteroatoms. The van der Waals surface area contributed by atoms with Gasteiger partial charge in [-0.05, 0) is 50.1 Å². The molecule has 1 aromatic carbocycles. The van der Waals surface area contributed by atoms with Crippen LogP contribution in [0, 0.1) is 0 Å². The molecule has 1 aromatic heterocycles. The van der Waals surface area contributed by atoms with Crippen LogP contribution >= 0.6 is 0 Å². The molecule has 0 aliphatic carbocycles. The lowest BCUT2D eigenvalue weighted by Crippen LogP contribution is -2.56. The third kappa shape index (κ3) is 3.87. The summed E-state index contributed by atoms with van der Waals surface area (Å²) in [7, 11) is -1.53. The molecule has 1 fully saturated rings. The number of hydrogen-bond acceptors (Lipinski definition) is 7. The molecule has 0 saturated carbocycles. The number of fused-ring (bicyclic) bond motifs is 1. The van der Waals surface area contributed by atoms with Gasteiger partial charge in [0, 0.05) is 38.2 Å². The summed E-state index contributed by atoms with van der Waals surface area (Å²) in [5.41, 5.74) is 1.40. The van der Waals surface area contributed by atoms with Gasteiger partial charge in [-0.3, -0.25) is 4.79 Å². The first-order valence-corrected chi connectivity index (χ1v) is 11.9. The number of nitrogens with one attached hydrogen (secondary N) is 1. The second-order valence-electron chi connectivity index (χ2n) is 7.79. The van der Waals surface area contributed by atoms with Crippen LogP contribution in [-0.2, 0) is 19.4 Å². The summed E-state index contributed by atoms with van der Waals surface area (Å²) in [5, 5.41) is 3.20. The lowest BCUT2D eigenvalue weighted by atomic mass is 10.0. The molecule has 3 heterocycles. The summed E-state index contributed by atoms with van der Waals surface area (Å²) in [4.78, 5) is 21.6. The Kier molecular flexibility index (Phi) is 5.42. The molecule has 2 aliphatic heterocycles. The Morgan fingerprint density at radius 3 is 2.60 bits per heavy atom. The van der Waals surface area contributed by atoms with Crippen LogP contribution in [0.15, 0.2) is 41.3 Å². The van der Waals surface area contributed by atoms with Crippen LogP contribution in [0.1, 0.15) is 19.8 Å². The van der Waals surface area contributed by atoms with E-state index in [4.69, 9.17) is 9.72 Å². The molecule has 0 bridgehead atoms. The zero-order valence-electron chi connectivity index (χ0n) is 17.3. The van der Waals surface area contributed by atoms with Crippen molar-refractivity contribution in [2.45, 2.75) is 36.7 Å². The van der Waals surface area contributed by atoms with Gasteiger partial charge in [0.2, 0.25) is 5.91 Å². The number of pyridine rings is 1. The molecule has 1 atom stereocenters. The molecular formula is C21H26N4O4S. The zero-order valence-corrected chi connectivity index (χ0v) is 18.1. The summed E-state index contributed by atoms with van der Waals surface area (Å²) < 4.78 is 29.2. The maximum atomic E-state index is 12.8. The van der Waals surface area contributed by atoms with Gasteiger partial charge in [0.1, 0.15) is 11.9 Å². The Hall–Kier alpha value is -2.65. The fraction of sp³-hybridized carbons (Fsp3) is 0.429. The van der Waals surface area contributed by atoms with Gasteiger partial charge in [0.05, 0.1) is 10.6 Å². The van der Waals surface area contributed by atoms with E-state index in [-0.39, 0.29) is 22.9 Å². The second-order valence-corrected chi connectivity index (χ2v) is 9.80. The molecule has 30 heavy (non-hydrogen) atoms. The summed E-state index contributed by atoms with van der Waals surface area (Å²) in [5.74, 6) is 1.38. The minimum Gasteiger partial charge on any atom is -0.381 e. The SMILES string of the molecule is CC1C(=O)N(C)c2ccc(Nc3cccc(S(C)(=O)=O)c3)nc2N1C1CCOCC1. The maximum Gasteiger partial charge on any atom is 0.249 e. The van der Waals surface area contributed by atoms with Crippen LogP contribution in [0.2, 0.25) is 0 Å². The van der Waals surface area contributed by atoms with E-state index in [0.29, 0.717) is 24.7 Å². The van der Waals surface area contributed by atoms with Crippen molar-refractivity contribution in [2.75, 3.05) is 41.6 Å². The van der Waals surface area contributed by atoms with Gasteiger partial charge in [-0.25, -0.2) is 13.4 Å². The number of amides is 1. The van der Waals surface area contributed by atoms with Gasteiger partial charge in [0.25, 0.3) is 0 Å². The number of anilines is 4. The lowest BCUT2D eigenvalue weighted by molar-refractivity contribution is -0.119. The van der Waals surface area contributed by atoms with E-state index in [1.54, 1.807) is 42.3 Å². The molecule has 1 saturated heterocycles. The largest absolute Gasteiger partial charge is 0.381 e. The highest BCUT2D eigenvalue weighted by Gasteiger charge is 2.39. The number of likely N-dealkylation sites (N-methyl/N-ethyl adjacent to an activating group) is 1. The zero-order chi connectivity index (χ0) is 21.5. The number of aromatic nitrogens is 1. The molecule has 0 spiro atoms. The van der Waals surface area contributed by atoms with E-state index in [1.807, 2.05) is 13.0 Å². The van der Waals surface area contributed by atoms with Crippen LogP contribution in [0.4, 0.5) is 23.0 Å². The van der Waals surface area contributed by atoms with Gasteiger partial charge >= 0.3 is 0 Å². The molecule has 1 unspecified atom stereocenters. The van der Waals surface area contributed by atoms with Crippen LogP contribution in [0.25, 0.3) is 0 Å². The van der Waals surface area contributed by atoms with Crippen LogP contribution in [-0.4, -0.2) is 57.9 Å². The van der Waals surface area contributed by atoms with Crippen molar-refractivity contribution in [2.24, 2.45) is 0 Å². The molecular weight excluding hydrogens is 404 g/mol. The fourth-order valence-electron chi connectivity index (χ4n) is 4.07. The predicted molar refractivity (Wildman–Crippen MR) is 116 cm³/mol. The Balaban J connectivity index is 1.70. The number of ether oxygens (including phenoxy) is 1. The predicted octanol–water partition coefficient (Wildman–Crippen LogP) is 2.58. The van der Waals surface area contributed by atoms with Crippen molar-refractivity contribution < 1.29 is 17.9 Å². The van der Waals surface area contributed by atoms with Crippen molar-refractivity contribution in [1.82, 2.24) is 4.98 Å². The van der Waals surface area contributed by atoms with Gasteiger partial charge in [-0.2, -0.15) is 0 Å². The average Bonchev–Trinajstić information content (AvgIpc) is 2.73. The van der Waals surface area contributed by atoms with E-state index in [9.17, 15) is 13.2 Å². The minimum absolute atomic E-state index is 0.0392. The van der Waals surface area contributed by atoms with Crippen molar-refractivity contribution in [3.8, 4) is 0 Å². The van der Waals surface area contributed by atoms with Crippen molar-refractivity contribution in [1.29, 1.82) is 0 Å². The van der Waals surface area contributed by atoms with E-state index < -0.39 is 9.84 Å². The molecule has 1 N–H and O–H groups in total. The lowest BCUT2D eigenvalue weighted by Gasteiger charge is -2.44. The van der Waals surface area contributed by atoms with Crippen LogP contribution < -0.4 is 15.1 Å². The first-order chi connectivity index (χ1) is 14.3. The monoisotopic (exact) mass is 430 g/mol. The van der Waals surface area contributed by atoms with Gasteiger partial charge in [-0.1, -0.05) is 6.07 Å². The molecule has 2 aliphatic rings. The van der Waals surface area contributed by atoms with Crippen LogP contribution in [0.3, 0.4) is 0 Å². The smallest absolute Gasteiger partial charge is 0.249 e. The fourth-order valence-corrected chi connectivity index (χ4v) is 4.74. The normalized spacial score (nSPS) is 20.2. The highest BCUT2D eigenvalue weighted by Crippen LogP contribution is 2.38.